The largest absolute Gasteiger partial charge is 0.323 e. The molecule has 0 bridgehead atoms. The van der Waals surface area contributed by atoms with Gasteiger partial charge in [0.05, 0.1) is 0 Å². The zero-order valence-electron chi connectivity index (χ0n) is 2.73. The van der Waals surface area contributed by atoms with Crippen LogP contribution in [0.25, 0.3) is 0 Å². The number of hydrogen-bond acceptors (Lipinski definition) is 3. The van der Waals surface area contributed by atoms with Crippen molar-refractivity contribution in [2.45, 2.75) is 0 Å². The van der Waals surface area contributed by atoms with E-state index in [1.54, 1.807) is 0 Å². The summed E-state index contributed by atoms with van der Waals surface area (Å²) >= 11 is 0. The van der Waals surface area contributed by atoms with Crippen molar-refractivity contribution < 1.29 is 30.7 Å². The molecule has 0 saturated carbocycles. The van der Waals surface area contributed by atoms with Gasteiger partial charge in [0, 0.05) is 17.1 Å². The molecule has 0 aliphatic carbocycles. The van der Waals surface area contributed by atoms with E-state index >= 15 is 0 Å². The van der Waals surface area contributed by atoms with Crippen LogP contribution in [-0.4, -0.2) is 6.79 Å². The molecule has 0 aromatic carbocycles. The van der Waals surface area contributed by atoms with E-state index in [2.05, 4.69) is 9.05 Å². The number of rotatable bonds is 0. The second kappa shape index (κ2) is 2.78. The molecule has 0 aromatic heterocycles. The zero-order chi connectivity index (χ0) is 3.70. The molecule has 1 radical (unpaired) electrons. The fourth-order valence-electron chi connectivity index (χ4n) is 0.107. The molecule has 41 valence electrons. The normalized spacial score (nSPS) is 21.3. The molecule has 0 atom stereocenters. The van der Waals surface area contributed by atoms with Crippen LogP contribution in [0.3, 0.4) is 0 Å². The number of hydrogen-bond donors (Lipinski definition) is 0. The van der Waals surface area contributed by atoms with Crippen molar-refractivity contribution in [3.8, 4) is 0 Å². The van der Waals surface area contributed by atoms with Crippen molar-refractivity contribution in [1.29, 1.82) is 0 Å². The van der Waals surface area contributed by atoms with Gasteiger partial charge in [-0.2, -0.15) is 0 Å². The molecule has 1 rings (SSSR count). The monoisotopic (exact) mass is 157 g/mol. The minimum atomic E-state index is -1.94. The Kier molecular flexibility index (Phi) is 3.09. The van der Waals surface area contributed by atoms with E-state index < -0.39 is 8.25 Å². The summed E-state index contributed by atoms with van der Waals surface area (Å²) in [5, 5.41) is 0. The van der Waals surface area contributed by atoms with Crippen molar-refractivity contribution in [3.63, 3.8) is 0 Å². The first-order valence-electron chi connectivity index (χ1n) is 1.19. The van der Waals surface area contributed by atoms with Crippen LogP contribution >= 0.6 is 8.25 Å². The maximum atomic E-state index is 9.64. The van der Waals surface area contributed by atoms with Crippen molar-refractivity contribution in [2.75, 3.05) is 6.79 Å². The molecule has 0 unspecified atom stereocenters. The molecule has 1 aliphatic heterocycles. The van der Waals surface area contributed by atoms with E-state index in [9.17, 15) is 4.57 Å². The van der Waals surface area contributed by atoms with E-state index in [0.717, 1.165) is 0 Å². The molecule has 1 heterocycles. The predicted molar refractivity (Wildman–Crippen MR) is 16.0 cm³/mol. The van der Waals surface area contributed by atoms with Gasteiger partial charge in [-0.3, -0.25) is 13.6 Å². The Morgan fingerprint density at radius 1 is 1.50 bits per heavy atom. The molecule has 3 nitrogen and oxygen atoms in total. The minimum absolute atomic E-state index is 0. The van der Waals surface area contributed by atoms with E-state index in [-0.39, 0.29) is 23.9 Å². The topological polar surface area (TPSA) is 35.5 Å². The molecule has 5 heteroatoms. The van der Waals surface area contributed by atoms with E-state index in [0.29, 0.717) is 0 Å². The van der Waals surface area contributed by atoms with Gasteiger partial charge in [0.2, 0.25) is 0 Å². The molecular weight excluding hydrogens is 155 g/mol. The first kappa shape index (κ1) is 6.67. The third-order valence-electron chi connectivity index (χ3n) is 0.354. The van der Waals surface area contributed by atoms with Crippen LogP contribution in [0.15, 0.2) is 0 Å². The van der Waals surface area contributed by atoms with Gasteiger partial charge in [-0.15, -0.1) is 0 Å². The average Bonchev–Trinajstić information content (AvgIpc) is 1.30. The van der Waals surface area contributed by atoms with Gasteiger partial charge in [-0.05, 0) is 0 Å². The maximum Gasteiger partial charge on any atom is 0.323 e. The Hall–Kier alpha value is 0.669. The van der Waals surface area contributed by atoms with Crippen molar-refractivity contribution in [3.05, 3.63) is 0 Å². The molecule has 0 aromatic rings. The summed E-state index contributed by atoms with van der Waals surface area (Å²) < 4.78 is 18.1. The summed E-state index contributed by atoms with van der Waals surface area (Å²) in [5.41, 5.74) is 0. The minimum Gasteiger partial charge on any atom is -0.283 e. The first-order chi connectivity index (χ1) is 2.39. The average molecular weight is 158 g/mol. The fraction of sp³-hybridized carbons (Fsp3) is 1.00. The Bertz CT molecular complexity index is 57.8. The van der Waals surface area contributed by atoms with Gasteiger partial charge in [0.25, 0.3) is 0 Å². The smallest absolute Gasteiger partial charge is 0.283 e. The SMILES string of the molecule is O=[PH]1OCO1.[Cu]. The molecule has 1 aliphatic rings. The molecule has 1 fully saturated rings. The van der Waals surface area contributed by atoms with Gasteiger partial charge in [0.15, 0.2) is 6.79 Å². The summed E-state index contributed by atoms with van der Waals surface area (Å²) in [5.74, 6) is 0. The molecular formula is CH3CuO3P. The molecule has 6 heavy (non-hydrogen) atoms. The second-order valence-corrected chi connectivity index (χ2v) is 1.73. The zero-order valence-corrected chi connectivity index (χ0v) is 4.68. The van der Waals surface area contributed by atoms with Crippen LogP contribution < -0.4 is 0 Å². The molecule has 0 spiro atoms. The van der Waals surface area contributed by atoms with Gasteiger partial charge in [0.1, 0.15) is 0 Å². The van der Waals surface area contributed by atoms with Gasteiger partial charge in [-0.25, -0.2) is 0 Å². The van der Waals surface area contributed by atoms with Crippen LogP contribution in [0.2, 0.25) is 0 Å². The van der Waals surface area contributed by atoms with E-state index in [1.807, 2.05) is 0 Å². The molecule has 0 N–H and O–H groups in total. The summed E-state index contributed by atoms with van der Waals surface area (Å²) in [7, 11) is -1.94. The van der Waals surface area contributed by atoms with Crippen molar-refractivity contribution in [1.82, 2.24) is 0 Å². The Balaban J connectivity index is 0.000000250. The summed E-state index contributed by atoms with van der Waals surface area (Å²) in [6.45, 7) is 0.220. The van der Waals surface area contributed by atoms with Gasteiger partial charge < -0.3 is 0 Å². The first-order valence-corrected chi connectivity index (χ1v) is 2.41. The van der Waals surface area contributed by atoms with Crippen LogP contribution in [0, 0.1) is 0 Å². The van der Waals surface area contributed by atoms with Gasteiger partial charge in [-0.1, -0.05) is 0 Å². The third-order valence-corrected chi connectivity index (χ3v) is 1.06. The van der Waals surface area contributed by atoms with Crippen molar-refractivity contribution in [2.24, 2.45) is 0 Å². The summed E-state index contributed by atoms with van der Waals surface area (Å²) in [4.78, 5) is 0. The Morgan fingerprint density at radius 2 is 1.83 bits per heavy atom. The predicted octanol–water partition coefficient (Wildman–Crippen LogP) is 0.378. The maximum absolute atomic E-state index is 9.64. The third kappa shape index (κ3) is 1.41. The fourth-order valence-corrected chi connectivity index (χ4v) is 0.321. The summed E-state index contributed by atoms with van der Waals surface area (Å²) in [6.07, 6.45) is 0. The molecule has 0 amide bonds. The Morgan fingerprint density at radius 3 is 1.83 bits per heavy atom. The second-order valence-electron chi connectivity index (χ2n) is 0.657. The Labute approximate surface area is 46.4 Å². The van der Waals surface area contributed by atoms with Crippen LogP contribution in [-0.2, 0) is 30.7 Å². The van der Waals surface area contributed by atoms with Crippen molar-refractivity contribution >= 4 is 8.25 Å². The standard InChI is InChI=1S/CH3O3P.Cu/c2-5-3-1-4-5;/h5H,1H2;. The van der Waals surface area contributed by atoms with E-state index in [4.69, 9.17) is 0 Å². The van der Waals surface area contributed by atoms with E-state index in [1.165, 1.54) is 0 Å². The summed E-state index contributed by atoms with van der Waals surface area (Å²) in [6, 6.07) is 0. The molecule has 1 saturated heterocycles. The van der Waals surface area contributed by atoms with Crippen LogP contribution in [0.1, 0.15) is 0 Å². The van der Waals surface area contributed by atoms with Crippen LogP contribution in [0.5, 0.6) is 0 Å². The van der Waals surface area contributed by atoms with Crippen LogP contribution in [0.4, 0.5) is 0 Å². The quantitative estimate of drug-likeness (QED) is 0.377. The van der Waals surface area contributed by atoms with Gasteiger partial charge >= 0.3 is 8.25 Å².